The summed E-state index contributed by atoms with van der Waals surface area (Å²) >= 11 is 1.63. The zero-order valence-corrected chi connectivity index (χ0v) is 16.3. The lowest BCUT2D eigenvalue weighted by Gasteiger charge is -2.26. The van der Waals surface area contributed by atoms with Crippen LogP contribution in [-0.2, 0) is 6.54 Å². The normalized spacial score (nSPS) is 22.0. The summed E-state index contributed by atoms with van der Waals surface area (Å²) in [5.74, 6) is 0.670. The van der Waals surface area contributed by atoms with Gasteiger partial charge in [-0.3, -0.25) is 14.8 Å². The van der Waals surface area contributed by atoms with E-state index in [9.17, 15) is 4.79 Å². The van der Waals surface area contributed by atoms with Gasteiger partial charge in [0, 0.05) is 41.7 Å². The SMILES string of the molecule is CNC(=O)c1ccc([C@@H]2CCCN2Cc2cn[nH]c2C2CCCCC2)s1. The predicted molar refractivity (Wildman–Crippen MR) is 105 cm³/mol. The zero-order chi connectivity index (χ0) is 17.9. The molecule has 26 heavy (non-hydrogen) atoms. The Labute approximate surface area is 159 Å². The van der Waals surface area contributed by atoms with Crippen molar-refractivity contribution in [2.75, 3.05) is 13.6 Å². The number of aromatic nitrogens is 2. The Balaban J connectivity index is 1.49. The first-order chi connectivity index (χ1) is 12.8. The first kappa shape index (κ1) is 17.7. The van der Waals surface area contributed by atoms with Crippen molar-refractivity contribution in [3.63, 3.8) is 0 Å². The summed E-state index contributed by atoms with van der Waals surface area (Å²) < 4.78 is 0. The molecule has 140 valence electrons. The van der Waals surface area contributed by atoms with E-state index in [2.05, 4.69) is 26.5 Å². The molecule has 2 N–H and O–H groups in total. The van der Waals surface area contributed by atoms with E-state index in [1.807, 2.05) is 12.3 Å². The highest BCUT2D eigenvalue weighted by atomic mass is 32.1. The second kappa shape index (κ2) is 7.92. The molecular weight excluding hydrogens is 344 g/mol. The number of rotatable bonds is 5. The second-order valence-electron chi connectivity index (χ2n) is 7.55. The highest BCUT2D eigenvalue weighted by molar-refractivity contribution is 7.14. The van der Waals surface area contributed by atoms with Gasteiger partial charge in [-0.05, 0) is 44.4 Å². The third-order valence-corrected chi connectivity index (χ3v) is 7.09. The van der Waals surface area contributed by atoms with E-state index in [4.69, 9.17) is 0 Å². The van der Waals surface area contributed by atoms with Crippen LogP contribution in [0.1, 0.15) is 82.7 Å². The summed E-state index contributed by atoms with van der Waals surface area (Å²) in [5.41, 5.74) is 2.74. The van der Waals surface area contributed by atoms with Gasteiger partial charge in [-0.1, -0.05) is 19.3 Å². The minimum atomic E-state index is 0.0141. The van der Waals surface area contributed by atoms with Gasteiger partial charge in [0.05, 0.1) is 11.1 Å². The molecule has 2 aromatic rings. The van der Waals surface area contributed by atoms with E-state index in [0.717, 1.165) is 18.0 Å². The highest BCUT2D eigenvalue weighted by Crippen LogP contribution is 2.38. The fraction of sp³-hybridized carbons (Fsp3) is 0.600. The summed E-state index contributed by atoms with van der Waals surface area (Å²) in [6.07, 6.45) is 11.1. The Bertz CT molecular complexity index is 747. The van der Waals surface area contributed by atoms with Crippen molar-refractivity contribution in [3.05, 3.63) is 39.3 Å². The van der Waals surface area contributed by atoms with Crippen LogP contribution in [0, 0.1) is 0 Å². The molecule has 6 heteroatoms. The second-order valence-corrected chi connectivity index (χ2v) is 8.67. The minimum Gasteiger partial charge on any atom is -0.354 e. The Kier molecular flexibility index (Phi) is 5.41. The maximum absolute atomic E-state index is 11.9. The fourth-order valence-electron chi connectivity index (χ4n) is 4.53. The summed E-state index contributed by atoms with van der Waals surface area (Å²) in [7, 11) is 1.69. The lowest BCUT2D eigenvalue weighted by atomic mass is 9.85. The molecule has 5 nitrogen and oxygen atoms in total. The van der Waals surface area contributed by atoms with Gasteiger partial charge in [0.15, 0.2) is 0 Å². The van der Waals surface area contributed by atoms with E-state index in [0.29, 0.717) is 12.0 Å². The zero-order valence-electron chi connectivity index (χ0n) is 15.5. The van der Waals surface area contributed by atoms with Crippen LogP contribution in [0.5, 0.6) is 0 Å². The Morgan fingerprint density at radius 3 is 2.92 bits per heavy atom. The van der Waals surface area contributed by atoms with Crippen LogP contribution in [0.2, 0.25) is 0 Å². The number of nitrogens with zero attached hydrogens (tertiary/aromatic N) is 2. The molecule has 3 heterocycles. The lowest BCUT2D eigenvalue weighted by Crippen LogP contribution is -2.23. The summed E-state index contributed by atoms with van der Waals surface area (Å²) in [4.78, 5) is 16.6. The fourth-order valence-corrected chi connectivity index (χ4v) is 5.65. The molecule has 2 aliphatic rings. The third kappa shape index (κ3) is 3.58. The molecule has 0 radical (unpaired) electrons. The van der Waals surface area contributed by atoms with Crippen molar-refractivity contribution >= 4 is 17.2 Å². The highest BCUT2D eigenvalue weighted by Gasteiger charge is 2.29. The number of hydrogen-bond acceptors (Lipinski definition) is 4. The van der Waals surface area contributed by atoms with Crippen molar-refractivity contribution in [2.24, 2.45) is 0 Å². The Morgan fingerprint density at radius 2 is 2.12 bits per heavy atom. The first-order valence-electron chi connectivity index (χ1n) is 9.84. The molecule has 4 rings (SSSR count). The first-order valence-corrected chi connectivity index (χ1v) is 10.7. The Morgan fingerprint density at radius 1 is 1.27 bits per heavy atom. The van der Waals surface area contributed by atoms with E-state index in [1.54, 1.807) is 18.4 Å². The third-order valence-electron chi connectivity index (χ3n) is 5.91. The number of nitrogens with one attached hydrogen (secondary N) is 2. The van der Waals surface area contributed by atoms with Gasteiger partial charge in [-0.15, -0.1) is 11.3 Å². The van der Waals surface area contributed by atoms with Crippen LogP contribution in [-0.4, -0.2) is 34.6 Å². The number of carbonyl (C=O) groups is 1. The number of carbonyl (C=O) groups excluding carboxylic acids is 1. The van der Waals surface area contributed by atoms with Crippen molar-refractivity contribution in [3.8, 4) is 0 Å². The van der Waals surface area contributed by atoms with E-state index >= 15 is 0 Å². The van der Waals surface area contributed by atoms with E-state index in [1.165, 1.54) is 61.1 Å². The van der Waals surface area contributed by atoms with Crippen LogP contribution < -0.4 is 5.32 Å². The summed E-state index contributed by atoms with van der Waals surface area (Å²) in [6, 6.07) is 4.52. The maximum atomic E-state index is 11.9. The van der Waals surface area contributed by atoms with Gasteiger partial charge < -0.3 is 5.32 Å². The largest absolute Gasteiger partial charge is 0.354 e. The predicted octanol–water partition coefficient (Wildman–Crippen LogP) is 4.22. The quantitative estimate of drug-likeness (QED) is 0.826. The molecule has 2 fully saturated rings. The summed E-state index contributed by atoms with van der Waals surface area (Å²) in [5, 5.41) is 10.4. The molecule has 0 spiro atoms. The molecular formula is C20H28N4OS. The minimum absolute atomic E-state index is 0.0141. The van der Waals surface area contributed by atoms with Crippen molar-refractivity contribution in [1.29, 1.82) is 0 Å². The van der Waals surface area contributed by atoms with Crippen LogP contribution in [0.15, 0.2) is 18.3 Å². The van der Waals surface area contributed by atoms with Crippen LogP contribution in [0.3, 0.4) is 0 Å². The molecule has 0 bridgehead atoms. The smallest absolute Gasteiger partial charge is 0.261 e. The number of aromatic amines is 1. The van der Waals surface area contributed by atoms with Crippen LogP contribution in [0.4, 0.5) is 0 Å². The van der Waals surface area contributed by atoms with Crippen LogP contribution in [0.25, 0.3) is 0 Å². The van der Waals surface area contributed by atoms with Gasteiger partial charge in [0.25, 0.3) is 5.91 Å². The molecule has 0 unspecified atom stereocenters. The van der Waals surface area contributed by atoms with Crippen molar-refractivity contribution < 1.29 is 4.79 Å². The van der Waals surface area contributed by atoms with Gasteiger partial charge in [-0.2, -0.15) is 5.10 Å². The molecule has 2 aromatic heterocycles. The van der Waals surface area contributed by atoms with Gasteiger partial charge in [0.2, 0.25) is 0 Å². The molecule has 1 amide bonds. The topological polar surface area (TPSA) is 61.0 Å². The van der Waals surface area contributed by atoms with Crippen LogP contribution >= 0.6 is 11.3 Å². The Hall–Kier alpha value is -1.66. The maximum Gasteiger partial charge on any atom is 0.261 e. The van der Waals surface area contributed by atoms with E-state index < -0.39 is 0 Å². The van der Waals surface area contributed by atoms with Gasteiger partial charge >= 0.3 is 0 Å². The van der Waals surface area contributed by atoms with Crippen molar-refractivity contribution in [2.45, 2.75) is 63.5 Å². The molecule has 0 aromatic carbocycles. The average molecular weight is 373 g/mol. The van der Waals surface area contributed by atoms with Crippen molar-refractivity contribution in [1.82, 2.24) is 20.4 Å². The van der Waals surface area contributed by atoms with Gasteiger partial charge in [0.1, 0.15) is 0 Å². The number of H-pyrrole nitrogens is 1. The molecule has 1 saturated carbocycles. The monoisotopic (exact) mass is 372 g/mol. The number of hydrogen-bond donors (Lipinski definition) is 2. The lowest BCUT2D eigenvalue weighted by molar-refractivity contribution is 0.0967. The standard InChI is InChI=1S/C20H28N4OS/c1-21-20(25)18-10-9-17(26-18)16-8-5-11-24(16)13-15-12-22-23-19(15)14-6-3-2-4-7-14/h9-10,12,14,16H,2-8,11,13H2,1H3,(H,21,25)(H,22,23)/t16-/m0/s1. The number of amides is 1. The number of likely N-dealkylation sites (tertiary alicyclic amines) is 1. The molecule has 1 aliphatic heterocycles. The molecule has 1 saturated heterocycles. The van der Waals surface area contributed by atoms with E-state index in [-0.39, 0.29) is 5.91 Å². The van der Waals surface area contributed by atoms with Gasteiger partial charge in [-0.25, -0.2) is 0 Å². The summed E-state index contributed by atoms with van der Waals surface area (Å²) in [6.45, 7) is 2.08. The molecule has 1 atom stereocenters. The molecule has 1 aliphatic carbocycles. The number of thiophene rings is 1. The average Bonchev–Trinajstić information content (AvgIpc) is 3.42.